The summed E-state index contributed by atoms with van der Waals surface area (Å²) in [5, 5.41) is 21.8. The van der Waals surface area contributed by atoms with Crippen molar-refractivity contribution in [3.8, 4) is 6.07 Å². The zero-order valence-corrected chi connectivity index (χ0v) is 16.6. The quantitative estimate of drug-likeness (QED) is 0.701. The van der Waals surface area contributed by atoms with E-state index in [4.69, 9.17) is 9.84 Å². The number of aliphatic hydroxyl groups excluding tert-OH is 1. The SMILES string of the molecule is COC(=O)C1=C(Nc2ccc(N3CCCCCC3)c(C#N)c2)C(=O)N(CCO)C1. The van der Waals surface area contributed by atoms with Crippen LogP contribution in [0.25, 0.3) is 0 Å². The van der Waals surface area contributed by atoms with Gasteiger partial charge in [-0.2, -0.15) is 5.26 Å². The summed E-state index contributed by atoms with van der Waals surface area (Å²) in [6.45, 7) is 1.85. The molecule has 0 spiro atoms. The molecule has 0 unspecified atom stereocenters. The van der Waals surface area contributed by atoms with Gasteiger partial charge >= 0.3 is 5.97 Å². The van der Waals surface area contributed by atoms with E-state index in [0.29, 0.717) is 11.3 Å². The molecule has 154 valence electrons. The fraction of sp³-hybridized carbons (Fsp3) is 0.476. The van der Waals surface area contributed by atoms with E-state index in [0.717, 1.165) is 31.6 Å². The number of ether oxygens (including phenoxy) is 1. The molecule has 0 atom stereocenters. The lowest BCUT2D eigenvalue weighted by Crippen LogP contribution is -2.31. The summed E-state index contributed by atoms with van der Waals surface area (Å²) in [4.78, 5) is 28.4. The Morgan fingerprint density at radius 2 is 2.00 bits per heavy atom. The van der Waals surface area contributed by atoms with Crippen LogP contribution >= 0.6 is 0 Å². The Bertz CT molecular complexity index is 851. The first kappa shape index (κ1) is 20.7. The summed E-state index contributed by atoms with van der Waals surface area (Å²) >= 11 is 0. The third-order valence-electron chi connectivity index (χ3n) is 5.29. The second kappa shape index (κ2) is 9.43. The Hall–Kier alpha value is -3.05. The molecule has 0 aliphatic carbocycles. The van der Waals surface area contributed by atoms with Crippen molar-refractivity contribution in [3.63, 3.8) is 0 Å². The number of nitrogens with zero attached hydrogens (tertiary/aromatic N) is 3. The highest BCUT2D eigenvalue weighted by molar-refractivity contribution is 6.08. The molecule has 8 heteroatoms. The van der Waals surface area contributed by atoms with Gasteiger partial charge in [-0.05, 0) is 31.0 Å². The highest BCUT2D eigenvalue weighted by Crippen LogP contribution is 2.28. The Morgan fingerprint density at radius 1 is 1.28 bits per heavy atom. The van der Waals surface area contributed by atoms with E-state index in [1.165, 1.54) is 24.9 Å². The number of carbonyl (C=O) groups is 2. The van der Waals surface area contributed by atoms with Crippen LogP contribution in [-0.2, 0) is 14.3 Å². The van der Waals surface area contributed by atoms with Crippen molar-refractivity contribution in [2.45, 2.75) is 25.7 Å². The van der Waals surface area contributed by atoms with Gasteiger partial charge in [0.2, 0.25) is 0 Å². The molecule has 1 fully saturated rings. The van der Waals surface area contributed by atoms with E-state index in [2.05, 4.69) is 16.3 Å². The molecule has 0 aromatic heterocycles. The van der Waals surface area contributed by atoms with Gasteiger partial charge in [0.05, 0.1) is 37.1 Å². The van der Waals surface area contributed by atoms with Crippen molar-refractivity contribution in [2.24, 2.45) is 0 Å². The summed E-state index contributed by atoms with van der Waals surface area (Å²) in [7, 11) is 1.26. The molecule has 8 nitrogen and oxygen atoms in total. The van der Waals surface area contributed by atoms with Crippen LogP contribution in [0, 0.1) is 11.3 Å². The largest absolute Gasteiger partial charge is 0.466 e. The van der Waals surface area contributed by atoms with Crippen molar-refractivity contribution in [3.05, 3.63) is 35.0 Å². The second-order valence-electron chi connectivity index (χ2n) is 7.17. The van der Waals surface area contributed by atoms with Crippen LogP contribution in [-0.4, -0.2) is 61.8 Å². The van der Waals surface area contributed by atoms with Crippen LogP contribution < -0.4 is 10.2 Å². The van der Waals surface area contributed by atoms with Crippen molar-refractivity contribution < 1.29 is 19.4 Å². The monoisotopic (exact) mass is 398 g/mol. The van der Waals surface area contributed by atoms with Crippen LogP contribution in [0.5, 0.6) is 0 Å². The molecule has 1 amide bonds. The van der Waals surface area contributed by atoms with Gasteiger partial charge in [0, 0.05) is 25.3 Å². The number of nitriles is 1. The van der Waals surface area contributed by atoms with Gasteiger partial charge in [0.15, 0.2) is 0 Å². The van der Waals surface area contributed by atoms with Gasteiger partial charge in [-0.3, -0.25) is 4.79 Å². The number of benzene rings is 1. The first-order chi connectivity index (χ1) is 14.1. The van der Waals surface area contributed by atoms with Gasteiger partial charge < -0.3 is 25.0 Å². The second-order valence-corrected chi connectivity index (χ2v) is 7.17. The van der Waals surface area contributed by atoms with Crippen molar-refractivity contribution >= 4 is 23.3 Å². The Labute approximate surface area is 170 Å². The maximum Gasteiger partial charge on any atom is 0.337 e. The smallest absolute Gasteiger partial charge is 0.337 e. The predicted octanol–water partition coefficient (Wildman–Crippen LogP) is 1.61. The fourth-order valence-corrected chi connectivity index (χ4v) is 3.78. The van der Waals surface area contributed by atoms with Crippen LogP contribution in [0.2, 0.25) is 0 Å². The summed E-state index contributed by atoms with van der Waals surface area (Å²) in [5.41, 5.74) is 2.30. The van der Waals surface area contributed by atoms with Crippen molar-refractivity contribution in [1.82, 2.24) is 4.90 Å². The molecule has 2 aliphatic heterocycles. The van der Waals surface area contributed by atoms with E-state index < -0.39 is 5.97 Å². The third kappa shape index (κ3) is 4.51. The lowest BCUT2D eigenvalue weighted by atomic mass is 10.1. The molecule has 0 bridgehead atoms. The zero-order valence-electron chi connectivity index (χ0n) is 16.6. The molecule has 2 aliphatic rings. The number of nitrogens with one attached hydrogen (secondary N) is 1. The van der Waals surface area contributed by atoms with Gasteiger partial charge in [-0.15, -0.1) is 0 Å². The number of hydrogen-bond acceptors (Lipinski definition) is 7. The van der Waals surface area contributed by atoms with E-state index >= 15 is 0 Å². The average Bonchev–Trinajstić information content (AvgIpc) is 2.92. The molecule has 1 aromatic carbocycles. The zero-order chi connectivity index (χ0) is 20.8. The standard InChI is InChI=1S/C21H26N4O4/c1-29-21(28)17-14-25(10-11-26)20(27)19(17)23-16-6-7-18(15(12-16)13-22)24-8-4-2-3-5-9-24/h6-7,12,23,26H,2-5,8-11,14H2,1H3. The number of aliphatic hydroxyl groups is 1. The summed E-state index contributed by atoms with van der Waals surface area (Å²) in [6, 6.07) is 7.64. The van der Waals surface area contributed by atoms with Crippen LogP contribution in [0.4, 0.5) is 11.4 Å². The summed E-state index contributed by atoms with van der Waals surface area (Å²) < 4.78 is 4.79. The lowest BCUT2D eigenvalue weighted by Gasteiger charge is -2.24. The van der Waals surface area contributed by atoms with Crippen LogP contribution in [0.15, 0.2) is 29.5 Å². The van der Waals surface area contributed by atoms with Crippen molar-refractivity contribution in [1.29, 1.82) is 5.26 Å². The third-order valence-corrected chi connectivity index (χ3v) is 5.29. The van der Waals surface area contributed by atoms with Crippen LogP contribution in [0.1, 0.15) is 31.2 Å². The molecular formula is C21H26N4O4. The minimum Gasteiger partial charge on any atom is -0.466 e. The molecule has 0 radical (unpaired) electrons. The number of esters is 1. The van der Waals surface area contributed by atoms with Crippen molar-refractivity contribution in [2.75, 3.05) is 50.1 Å². The molecule has 1 saturated heterocycles. The maximum absolute atomic E-state index is 12.7. The number of amides is 1. The molecule has 29 heavy (non-hydrogen) atoms. The number of methoxy groups -OCH3 is 1. The lowest BCUT2D eigenvalue weighted by molar-refractivity contribution is -0.136. The molecule has 3 rings (SSSR count). The van der Waals surface area contributed by atoms with E-state index in [1.54, 1.807) is 6.07 Å². The van der Waals surface area contributed by atoms with Gasteiger partial charge in [0.25, 0.3) is 5.91 Å². The molecular weight excluding hydrogens is 372 g/mol. The predicted molar refractivity (Wildman–Crippen MR) is 108 cm³/mol. The maximum atomic E-state index is 12.7. The Morgan fingerprint density at radius 3 is 2.62 bits per heavy atom. The van der Waals surface area contributed by atoms with Gasteiger partial charge in [-0.1, -0.05) is 12.8 Å². The highest BCUT2D eigenvalue weighted by Gasteiger charge is 2.34. The Kier molecular flexibility index (Phi) is 6.73. The molecule has 1 aromatic rings. The summed E-state index contributed by atoms with van der Waals surface area (Å²) in [5.74, 6) is -0.975. The average molecular weight is 398 g/mol. The summed E-state index contributed by atoms with van der Waals surface area (Å²) in [6.07, 6.45) is 4.62. The van der Waals surface area contributed by atoms with E-state index in [9.17, 15) is 14.9 Å². The minimum absolute atomic E-state index is 0.0748. The number of β-amino-alcohol motifs (C(OH)–C–C–N with tert-alkyl or cyclic N) is 1. The number of hydrogen-bond donors (Lipinski definition) is 2. The molecule has 2 N–H and O–H groups in total. The minimum atomic E-state index is -0.594. The van der Waals surface area contributed by atoms with Gasteiger partial charge in [0.1, 0.15) is 11.8 Å². The number of carbonyl (C=O) groups excluding carboxylic acids is 2. The normalized spacial score (nSPS) is 17.2. The van der Waals surface area contributed by atoms with E-state index in [1.807, 2.05) is 12.1 Å². The highest BCUT2D eigenvalue weighted by atomic mass is 16.5. The van der Waals surface area contributed by atoms with Crippen LogP contribution in [0.3, 0.4) is 0 Å². The number of anilines is 2. The Balaban J connectivity index is 1.87. The van der Waals surface area contributed by atoms with Gasteiger partial charge in [-0.25, -0.2) is 4.79 Å². The first-order valence-corrected chi connectivity index (χ1v) is 9.86. The van der Waals surface area contributed by atoms with E-state index in [-0.39, 0.29) is 36.9 Å². The molecule has 2 heterocycles. The topological polar surface area (TPSA) is 106 Å². The first-order valence-electron chi connectivity index (χ1n) is 9.86. The fourth-order valence-electron chi connectivity index (χ4n) is 3.78. The number of rotatable bonds is 6. The molecule has 0 saturated carbocycles.